The molecule has 0 spiro atoms. The van der Waals surface area contributed by atoms with E-state index in [-0.39, 0.29) is 16.1 Å². The Kier molecular flexibility index (Phi) is 6.14. The van der Waals surface area contributed by atoms with Gasteiger partial charge in [-0.2, -0.15) is 0 Å². The molecule has 0 bridgehead atoms. The molecule has 0 amide bonds. The molecule has 2 aromatic rings. The topological polar surface area (TPSA) is 90.0 Å². The standard InChI is InChI=1S/C21H27N3O4S/c1-4-23-9-11-24(12-10-23)19-8-7-17(14-18(19)21(25)26)22-29(27,28)20-13-15(2)5-6-16(20)3/h5-8,13-14,22H,4,9-12H2,1-3H3,(H,25,26). The fourth-order valence-electron chi connectivity index (χ4n) is 3.56. The summed E-state index contributed by atoms with van der Waals surface area (Å²) in [6.45, 7) is 9.86. The summed E-state index contributed by atoms with van der Waals surface area (Å²) in [5.74, 6) is -1.08. The van der Waals surface area contributed by atoms with Gasteiger partial charge in [-0.25, -0.2) is 13.2 Å². The third-order valence-corrected chi connectivity index (χ3v) is 6.80. The van der Waals surface area contributed by atoms with E-state index in [1.54, 1.807) is 31.2 Å². The second kappa shape index (κ2) is 8.42. The van der Waals surface area contributed by atoms with Crippen LogP contribution in [0.4, 0.5) is 11.4 Å². The largest absolute Gasteiger partial charge is 0.478 e. The summed E-state index contributed by atoms with van der Waals surface area (Å²) in [5.41, 5.74) is 2.41. The van der Waals surface area contributed by atoms with Gasteiger partial charge in [-0.3, -0.25) is 4.72 Å². The lowest BCUT2D eigenvalue weighted by atomic mass is 10.1. The first-order valence-corrected chi connectivity index (χ1v) is 11.1. The Labute approximate surface area is 172 Å². The molecule has 1 heterocycles. The third-order valence-electron chi connectivity index (χ3n) is 5.27. The number of hydrogen-bond acceptors (Lipinski definition) is 5. The second-order valence-corrected chi connectivity index (χ2v) is 8.98. The summed E-state index contributed by atoms with van der Waals surface area (Å²) < 4.78 is 28.2. The average molecular weight is 418 g/mol. The SMILES string of the molecule is CCN1CCN(c2ccc(NS(=O)(=O)c3cc(C)ccc3C)cc2C(=O)O)CC1. The zero-order chi connectivity index (χ0) is 21.2. The lowest BCUT2D eigenvalue weighted by Crippen LogP contribution is -2.46. The Balaban J connectivity index is 1.89. The van der Waals surface area contributed by atoms with Crippen LogP contribution >= 0.6 is 0 Å². The van der Waals surface area contributed by atoms with Gasteiger partial charge in [0.1, 0.15) is 0 Å². The quantitative estimate of drug-likeness (QED) is 0.751. The van der Waals surface area contributed by atoms with Crippen molar-refractivity contribution < 1.29 is 18.3 Å². The molecule has 0 atom stereocenters. The highest BCUT2D eigenvalue weighted by atomic mass is 32.2. The number of likely N-dealkylation sites (N-methyl/N-ethyl adjacent to an activating group) is 1. The van der Waals surface area contributed by atoms with Crippen molar-refractivity contribution in [3.63, 3.8) is 0 Å². The number of hydrogen-bond donors (Lipinski definition) is 2. The molecule has 0 aromatic heterocycles. The van der Waals surface area contributed by atoms with Gasteiger partial charge in [0.05, 0.1) is 16.1 Å². The van der Waals surface area contributed by atoms with Gasteiger partial charge in [0.15, 0.2) is 0 Å². The zero-order valence-electron chi connectivity index (χ0n) is 17.0. The van der Waals surface area contributed by atoms with Gasteiger partial charge in [-0.1, -0.05) is 19.1 Å². The van der Waals surface area contributed by atoms with E-state index < -0.39 is 16.0 Å². The van der Waals surface area contributed by atoms with Crippen LogP contribution in [0.3, 0.4) is 0 Å². The Hall–Kier alpha value is -2.58. The lowest BCUT2D eigenvalue weighted by molar-refractivity contribution is 0.0697. The number of anilines is 2. The smallest absolute Gasteiger partial charge is 0.337 e. The van der Waals surface area contributed by atoms with Gasteiger partial charge < -0.3 is 14.9 Å². The van der Waals surface area contributed by atoms with Crippen LogP contribution < -0.4 is 9.62 Å². The Bertz CT molecular complexity index is 1010. The van der Waals surface area contributed by atoms with E-state index in [2.05, 4.69) is 16.5 Å². The molecule has 0 unspecified atom stereocenters. The molecule has 1 saturated heterocycles. The number of sulfonamides is 1. The second-order valence-electron chi connectivity index (χ2n) is 7.33. The van der Waals surface area contributed by atoms with Crippen LogP contribution in [0.1, 0.15) is 28.4 Å². The van der Waals surface area contributed by atoms with Crippen LogP contribution in [0.5, 0.6) is 0 Å². The van der Waals surface area contributed by atoms with Gasteiger partial charge in [0, 0.05) is 31.9 Å². The van der Waals surface area contributed by atoms with E-state index in [9.17, 15) is 18.3 Å². The molecule has 2 aromatic carbocycles. The first kappa shape index (κ1) is 21.1. The summed E-state index contributed by atoms with van der Waals surface area (Å²) in [6.07, 6.45) is 0. The Morgan fingerprint density at radius 1 is 1.07 bits per heavy atom. The molecule has 0 saturated carbocycles. The summed E-state index contributed by atoms with van der Waals surface area (Å²) in [4.78, 5) is 16.4. The molecule has 1 fully saturated rings. The highest BCUT2D eigenvalue weighted by Gasteiger charge is 2.23. The van der Waals surface area contributed by atoms with E-state index in [0.717, 1.165) is 38.3 Å². The van der Waals surface area contributed by atoms with Crippen molar-refractivity contribution in [3.8, 4) is 0 Å². The van der Waals surface area contributed by atoms with Crippen molar-refractivity contribution in [2.45, 2.75) is 25.7 Å². The number of aryl methyl sites for hydroxylation is 2. The van der Waals surface area contributed by atoms with Crippen molar-refractivity contribution in [1.29, 1.82) is 0 Å². The third kappa shape index (κ3) is 4.71. The molecule has 29 heavy (non-hydrogen) atoms. The highest BCUT2D eigenvalue weighted by Crippen LogP contribution is 2.28. The van der Waals surface area contributed by atoms with Gasteiger partial charge in [-0.15, -0.1) is 0 Å². The molecule has 0 aliphatic carbocycles. The van der Waals surface area contributed by atoms with Crippen molar-refractivity contribution in [3.05, 3.63) is 53.1 Å². The first-order valence-electron chi connectivity index (χ1n) is 9.66. The Morgan fingerprint density at radius 3 is 2.38 bits per heavy atom. The minimum atomic E-state index is -3.82. The van der Waals surface area contributed by atoms with Gasteiger partial charge in [-0.05, 0) is 55.8 Å². The maximum absolute atomic E-state index is 12.8. The predicted molar refractivity (Wildman–Crippen MR) is 114 cm³/mol. The van der Waals surface area contributed by atoms with Crippen molar-refractivity contribution in [1.82, 2.24) is 4.90 Å². The van der Waals surface area contributed by atoms with Crippen molar-refractivity contribution in [2.75, 3.05) is 42.3 Å². The van der Waals surface area contributed by atoms with E-state index in [0.29, 0.717) is 11.3 Å². The predicted octanol–water partition coefficient (Wildman–Crippen LogP) is 2.94. The molecule has 3 rings (SSSR count). The zero-order valence-corrected chi connectivity index (χ0v) is 17.8. The number of nitrogens with zero attached hydrogens (tertiary/aromatic N) is 2. The number of nitrogens with one attached hydrogen (secondary N) is 1. The lowest BCUT2D eigenvalue weighted by Gasteiger charge is -2.36. The number of carboxylic acid groups (broad SMARTS) is 1. The summed E-state index contributed by atoms with van der Waals surface area (Å²) >= 11 is 0. The molecule has 2 N–H and O–H groups in total. The molecule has 8 heteroatoms. The minimum Gasteiger partial charge on any atom is -0.478 e. The van der Waals surface area contributed by atoms with E-state index in [1.165, 1.54) is 6.07 Å². The molecule has 156 valence electrons. The molecule has 1 aliphatic rings. The minimum absolute atomic E-state index is 0.0936. The van der Waals surface area contributed by atoms with Gasteiger partial charge >= 0.3 is 5.97 Å². The van der Waals surface area contributed by atoms with Crippen LogP contribution in [-0.4, -0.2) is 57.1 Å². The van der Waals surface area contributed by atoms with E-state index in [4.69, 9.17) is 0 Å². The van der Waals surface area contributed by atoms with Gasteiger partial charge in [0.25, 0.3) is 10.0 Å². The molecule has 0 radical (unpaired) electrons. The normalized spacial score (nSPS) is 15.3. The van der Waals surface area contributed by atoms with Crippen molar-refractivity contribution >= 4 is 27.4 Å². The number of carboxylic acids is 1. The van der Waals surface area contributed by atoms with Crippen LogP contribution in [0.25, 0.3) is 0 Å². The van der Waals surface area contributed by atoms with Crippen molar-refractivity contribution in [2.24, 2.45) is 0 Å². The summed E-state index contributed by atoms with van der Waals surface area (Å²) in [5, 5.41) is 9.70. The Morgan fingerprint density at radius 2 is 1.76 bits per heavy atom. The van der Waals surface area contributed by atoms with Gasteiger partial charge in [0.2, 0.25) is 0 Å². The number of rotatable bonds is 6. The van der Waals surface area contributed by atoms with E-state index in [1.807, 2.05) is 17.9 Å². The highest BCUT2D eigenvalue weighted by molar-refractivity contribution is 7.92. The molecule has 1 aliphatic heterocycles. The fraction of sp³-hybridized carbons (Fsp3) is 0.381. The van der Waals surface area contributed by atoms with Crippen LogP contribution in [0.2, 0.25) is 0 Å². The average Bonchev–Trinajstić information content (AvgIpc) is 2.69. The maximum Gasteiger partial charge on any atom is 0.337 e. The molecule has 7 nitrogen and oxygen atoms in total. The monoisotopic (exact) mass is 417 g/mol. The van der Waals surface area contributed by atoms with E-state index >= 15 is 0 Å². The molecular formula is C21H27N3O4S. The maximum atomic E-state index is 12.8. The summed E-state index contributed by atoms with van der Waals surface area (Å²) in [7, 11) is -3.82. The number of piperazine rings is 1. The van der Waals surface area contributed by atoms with Crippen LogP contribution in [-0.2, 0) is 10.0 Å². The van der Waals surface area contributed by atoms with Crippen LogP contribution in [0, 0.1) is 13.8 Å². The summed E-state index contributed by atoms with van der Waals surface area (Å²) in [6, 6.07) is 9.92. The number of carbonyl (C=O) groups is 1. The number of aromatic carboxylic acids is 1. The number of benzene rings is 2. The fourth-order valence-corrected chi connectivity index (χ4v) is 4.94. The first-order chi connectivity index (χ1) is 13.7. The van der Waals surface area contributed by atoms with Crippen LogP contribution in [0.15, 0.2) is 41.3 Å². The molecular weight excluding hydrogens is 390 g/mol.